The van der Waals surface area contributed by atoms with Crippen LogP contribution in [-0.2, 0) is 9.53 Å². The molecule has 0 aliphatic rings. The summed E-state index contributed by atoms with van der Waals surface area (Å²) < 4.78 is 5.28. The Hall–Kier alpha value is -0.610. The van der Waals surface area contributed by atoms with E-state index in [0.29, 0.717) is 24.2 Å². The van der Waals surface area contributed by atoms with Crippen LogP contribution in [0.3, 0.4) is 0 Å². The van der Waals surface area contributed by atoms with Crippen molar-refractivity contribution in [3.05, 3.63) is 0 Å². The van der Waals surface area contributed by atoms with Crippen LogP contribution in [0.5, 0.6) is 0 Å². The highest BCUT2D eigenvalue weighted by Gasteiger charge is 2.22. The molecule has 0 aliphatic carbocycles. The number of nitrogens with zero attached hydrogens (tertiary/aromatic N) is 1. The normalized spacial score (nSPS) is 13.9. The summed E-state index contributed by atoms with van der Waals surface area (Å²) in [4.78, 5) is 11.1. The van der Waals surface area contributed by atoms with E-state index in [4.69, 9.17) is 9.84 Å². The minimum atomic E-state index is -0.399. The smallest absolute Gasteiger partial charge is 0.361 e. The highest BCUT2D eigenvalue weighted by Crippen LogP contribution is 2.00. The third-order valence-electron chi connectivity index (χ3n) is 1.62. The number of likely N-dealkylation sites (N-methyl/N-ethyl adjacent to an activating group) is 1. The lowest BCUT2D eigenvalue weighted by Crippen LogP contribution is -2.48. The molecule has 4 heteroatoms. The van der Waals surface area contributed by atoms with Crippen molar-refractivity contribution < 1.29 is 19.1 Å². The molecule has 1 atom stereocenters. The number of carbonyl (C=O) groups excluding carboxylic acids is 1. The third-order valence-corrected chi connectivity index (χ3v) is 1.62. The van der Waals surface area contributed by atoms with Crippen LogP contribution in [0.2, 0.25) is 0 Å². The molecule has 0 aliphatic heterocycles. The summed E-state index contributed by atoms with van der Waals surface area (Å²) in [6, 6.07) is 0. The van der Waals surface area contributed by atoms with E-state index in [9.17, 15) is 4.79 Å². The second kappa shape index (κ2) is 5.19. The molecule has 13 heavy (non-hydrogen) atoms. The quantitative estimate of drug-likeness (QED) is 0.490. The van der Waals surface area contributed by atoms with Crippen molar-refractivity contribution in [2.24, 2.45) is 0 Å². The zero-order chi connectivity index (χ0) is 10.5. The molecule has 0 saturated carbocycles. The van der Waals surface area contributed by atoms with Crippen molar-refractivity contribution in [2.75, 3.05) is 33.8 Å². The third kappa shape index (κ3) is 6.54. The van der Waals surface area contributed by atoms with Crippen molar-refractivity contribution in [1.29, 1.82) is 0 Å². The van der Waals surface area contributed by atoms with Crippen molar-refractivity contribution in [2.45, 2.75) is 20.0 Å². The molecule has 4 nitrogen and oxygen atoms in total. The zero-order valence-electron chi connectivity index (χ0n) is 8.91. The zero-order valence-corrected chi connectivity index (χ0v) is 8.91. The molecule has 0 rings (SSSR count). The van der Waals surface area contributed by atoms with Gasteiger partial charge in [-0.05, 0) is 13.8 Å². The molecule has 0 heterocycles. The average Bonchev–Trinajstić information content (AvgIpc) is 1.81. The summed E-state index contributed by atoms with van der Waals surface area (Å²) in [5.41, 5.74) is 0. The van der Waals surface area contributed by atoms with E-state index in [2.05, 4.69) is 0 Å². The summed E-state index contributed by atoms with van der Waals surface area (Å²) in [6.45, 7) is 4.77. The predicted octanol–water partition coefficient (Wildman–Crippen LogP) is 0.00670. The van der Waals surface area contributed by atoms with Gasteiger partial charge in [0.2, 0.25) is 0 Å². The number of quaternary nitrogens is 1. The molecule has 0 aromatic carbocycles. The molecule has 0 amide bonds. The number of hydrogen-bond donors (Lipinski definition) is 1. The number of rotatable bonds is 5. The second-order valence-electron chi connectivity index (χ2n) is 3.93. The maximum absolute atomic E-state index is 11.1. The molecule has 0 saturated heterocycles. The standard InChI is InChI=1S/C9H20NO3/c1-5-13-9(12)7-10(3,4)6-8(2)11/h8,11H,5-7H2,1-4H3/q+1. The first kappa shape index (κ1) is 12.4. The minimum absolute atomic E-state index is 0.215. The van der Waals surface area contributed by atoms with Gasteiger partial charge in [0.25, 0.3) is 0 Å². The number of ether oxygens (including phenoxy) is 1. The van der Waals surface area contributed by atoms with E-state index >= 15 is 0 Å². The van der Waals surface area contributed by atoms with Gasteiger partial charge in [-0.1, -0.05) is 0 Å². The highest BCUT2D eigenvalue weighted by molar-refractivity contribution is 5.70. The number of aliphatic hydroxyl groups excluding tert-OH is 1. The first-order valence-electron chi connectivity index (χ1n) is 4.53. The monoisotopic (exact) mass is 190 g/mol. The van der Waals surface area contributed by atoms with Crippen LogP contribution in [0.15, 0.2) is 0 Å². The van der Waals surface area contributed by atoms with Gasteiger partial charge in [0.1, 0.15) is 12.6 Å². The average molecular weight is 190 g/mol. The van der Waals surface area contributed by atoms with Gasteiger partial charge in [-0.25, -0.2) is 4.79 Å². The van der Waals surface area contributed by atoms with Crippen LogP contribution in [-0.4, -0.2) is 55.5 Å². The van der Waals surface area contributed by atoms with Crippen LogP contribution in [0.1, 0.15) is 13.8 Å². The molecule has 0 spiro atoms. The van der Waals surface area contributed by atoms with Gasteiger partial charge >= 0.3 is 5.97 Å². The number of carbonyl (C=O) groups is 1. The Bertz CT molecular complexity index is 166. The van der Waals surface area contributed by atoms with Crippen LogP contribution in [0, 0.1) is 0 Å². The number of esters is 1. The molecule has 0 fully saturated rings. The van der Waals surface area contributed by atoms with Crippen LogP contribution in [0.25, 0.3) is 0 Å². The fourth-order valence-corrected chi connectivity index (χ4v) is 1.34. The van der Waals surface area contributed by atoms with Crippen molar-refractivity contribution in [3.63, 3.8) is 0 Å². The van der Waals surface area contributed by atoms with Crippen LogP contribution >= 0.6 is 0 Å². The van der Waals surface area contributed by atoms with Gasteiger partial charge in [-0.3, -0.25) is 0 Å². The van der Waals surface area contributed by atoms with Gasteiger partial charge in [0.15, 0.2) is 6.54 Å². The van der Waals surface area contributed by atoms with Gasteiger partial charge in [0, 0.05) is 0 Å². The SMILES string of the molecule is CCOC(=O)C[N+](C)(C)CC(C)O. The maximum atomic E-state index is 11.1. The Kier molecular flexibility index (Phi) is 4.95. The van der Waals surface area contributed by atoms with Gasteiger partial charge in [0.05, 0.1) is 20.7 Å². The van der Waals surface area contributed by atoms with Crippen molar-refractivity contribution >= 4 is 5.97 Å². The second-order valence-corrected chi connectivity index (χ2v) is 3.93. The Labute approximate surface area is 79.7 Å². The number of aliphatic hydroxyl groups is 1. The summed E-state index contributed by atoms with van der Waals surface area (Å²) in [5.74, 6) is -0.215. The maximum Gasteiger partial charge on any atom is 0.361 e. The van der Waals surface area contributed by atoms with E-state index in [1.165, 1.54) is 0 Å². The first-order valence-corrected chi connectivity index (χ1v) is 4.53. The van der Waals surface area contributed by atoms with E-state index in [1.807, 2.05) is 14.1 Å². The molecular weight excluding hydrogens is 170 g/mol. The molecule has 0 aromatic rings. The van der Waals surface area contributed by atoms with E-state index < -0.39 is 6.10 Å². The van der Waals surface area contributed by atoms with Crippen LogP contribution in [0.4, 0.5) is 0 Å². The fourth-order valence-electron chi connectivity index (χ4n) is 1.34. The number of hydrogen-bond acceptors (Lipinski definition) is 3. The molecule has 78 valence electrons. The predicted molar refractivity (Wildman–Crippen MR) is 50.2 cm³/mol. The molecule has 0 aromatic heterocycles. The fraction of sp³-hybridized carbons (Fsp3) is 0.889. The molecule has 0 bridgehead atoms. The van der Waals surface area contributed by atoms with Gasteiger partial charge in [-0.2, -0.15) is 0 Å². The van der Waals surface area contributed by atoms with Crippen molar-refractivity contribution in [1.82, 2.24) is 0 Å². The van der Waals surface area contributed by atoms with E-state index in [-0.39, 0.29) is 5.97 Å². The topological polar surface area (TPSA) is 46.5 Å². The Balaban J connectivity index is 3.93. The lowest BCUT2D eigenvalue weighted by atomic mass is 10.3. The molecule has 1 N–H and O–H groups in total. The summed E-state index contributed by atoms with van der Waals surface area (Å²) in [5, 5.41) is 9.16. The van der Waals surface area contributed by atoms with Gasteiger partial charge < -0.3 is 14.3 Å². The van der Waals surface area contributed by atoms with E-state index in [1.54, 1.807) is 13.8 Å². The first-order chi connectivity index (χ1) is 5.87. The lowest BCUT2D eigenvalue weighted by Gasteiger charge is -2.29. The Morgan fingerprint density at radius 2 is 2.08 bits per heavy atom. The Morgan fingerprint density at radius 3 is 2.46 bits per heavy atom. The molecule has 0 radical (unpaired) electrons. The Morgan fingerprint density at radius 1 is 1.54 bits per heavy atom. The molecule has 1 unspecified atom stereocenters. The molecular formula is C9H20NO3+. The largest absolute Gasteiger partial charge is 0.462 e. The summed E-state index contributed by atoms with van der Waals surface area (Å²) >= 11 is 0. The highest BCUT2D eigenvalue weighted by atomic mass is 16.5. The van der Waals surface area contributed by atoms with Crippen LogP contribution < -0.4 is 0 Å². The summed E-state index contributed by atoms with van der Waals surface area (Å²) in [6.07, 6.45) is -0.399. The van der Waals surface area contributed by atoms with Gasteiger partial charge in [-0.15, -0.1) is 0 Å². The van der Waals surface area contributed by atoms with Crippen molar-refractivity contribution in [3.8, 4) is 0 Å². The minimum Gasteiger partial charge on any atom is -0.462 e. The van der Waals surface area contributed by atoms with E-state index in [0.717, 1.165) is 0 Å². The lowest BCUT2D eigenvalue weighted by molar-refractivity contribution is -0.885. The summed E-state index contributed by atoms with van der Waals surface area (Å²) in [7, 11) is 3.78.